The average molecular weight is 314 g/mol. The van der Waals surface area contributed by atoms with Gasteiger partial charge >= 0.3 is 0 Å². The fourth-order valence-electron chi connectivity index (χ4n) is 2.69. The monoisotopic (exact) mass is 313 g/mol. The number of aromatic nitrogens is 2. The van der Waals surface area contributed by atoms with Gasteiger partial charge in [0.2, 0.25) is 0 Å². The summed E-state index contributed by atoms with van der Waals surface area (Å²) in [6.07, 6.45) is 1.91. The summed E-state index contributed by atoms with van der Waals surface area (Å²) in [4.78, 5) is 4.75. The number of benzene rings is 1. The van der Waals surface area contributed by atoms with Crippen LogP contribution in [0.25, 0.3) is 5.65 Å². The zero-order valence-electron chi connectivity index (χ0n) is 13.3. The molecule has 2 aromatic heterocycles. The maximum Gasteiger partial charge on any atom is 0.138 e. The van der Waals surface area contributed by atoms with E-state index in [0.717, 1.165) is 22.8 Å². The van der Waals surface area contributed by atoms with Gasteiger partial charge in [0.25, 0.3) is 0 Å². The van der Waals surface area contributed by atoms with Crippen molar-refractivity contribution in [1.29, 1.82) is 0 Å². The Morgan fingerprint density at radius 1 is 1.09 bits per heavy atom. The van der Waals surface area contributed by atoms with Crippen LogP contribution < -0.4 is 5.32 Å². The van der Waals surface area contributed by atoms with Crippen LogP contribution in [-0.2, 0) is 0 Å². The third-order valence-electron chi connectivity index (χ3n) is 3.88. The number of aryl methyl sites for hydroxylation is 2. The second kappa shape index (κ2) is 5.65. The Hall–Kier alpha value is -2.00. The largest absolute Gasteiger partial charge is 0.339 e. The first kappa shape index (κ1) is 14.9. The van der Waals surface area contributed by atoms with Crippen molar-refractivity contribution in [1.82, 2.24) is 9.38 Å². The molecule has 0 saturated heterocycles. The van der Waals surface area contributed by atoms with Crippen LogP contribution in [0.4, 0.5) is 11.5 Å². The summed E-state index contributed by atoms with van der Waals surface area (Å²) in [6.45, 7) is 8.53. The van der Waals surface area contributed by atoms with Crippen LogP contribution in [-0.4, -0.2) is 9.38 Å². The molecule has 0 aliphatic heterocycles. The first-order chi connectivity index (χ1) is 10.5. The molecule has 0 spiro atoms. The number of hydrogen-bond acceptors (Lipinski definition) is 2. The molecule has 0 aliphatic carbocycles. The summed E-state index contributed by atoms with van der Waals surface area (Å²) in [5, 5.41) is 4.28. The molecule has 0 radical (unpaired) electrons. The van der Waals surface area contributed by atoms with Crippen LogP contribution in [0.2, 0.25) is 5.02 Å². The number of para-hydroxylation sites is 1. The van der Waals surface area contributed by atoms with Crippen molar-refractivity contribution < 1.29 is 0 Å². The van der Waals surface area contributed by atoms with Gasteiger partial charge in [-0.15, -0.1) is 0 Å². The Kier molecular flexibility index (Phi) is 3.83. The second-order valence-electron chi connectivity index (χ2n) is 5.97. The first-order valence-corrected chi connectivity index (χ1v) is 7.86. The lowest BCUT2D eigenvalue weighted by Crippen LogP contribution is -2.02. The number of nitrogens with one attached hydrogen (secondary N) is 1. The van der Waals surface area contributed by atoms with Crippen molar-refractivity contribution in [2.45, 2.75) is 33.6 Å². The van der Waals surface area contributed by atoms with Gasteiger partial charge in [0.15, 0.2) is 0 Å². The van der Waals surface area contributed by atoms with Gasteiger partial charge in [-0.2, -0.15) is 0 Å². The van der Waals surface area contributed by atoms with E-state index in [2.05, 4.69) is 51.2 Å². The molecule has 1 N–H and O–H groups in total. The Bertz CT molecular complexity index is 813. The molecule has 0 aliphatic rings. The van der Waals surface area contributed by atoms with Crippen molar-refractivity contribution in [2.75, 3.05) is 5.32 Å². The molecule has 0 atom stereocenters. The third kappa shape index (κ3) is 2.57. The number of fused-ring (bicyclic) bond motifs is 1. The highest BCUT2D eigenvalue weighted by Gasteiger charge is 2.16. The van der Waals surface area contributed by atoms with E-state index in [0.29, 0.717) is 10.9 Å². The molecule has 0 fully saturated rings. The topological polar surface area (TPSA) is 29.3 Å². The van der Waals surface area contributed by atoms with Crippen molar-refractivity contribution in [3.05, 3.63) is 58.4 Å². The molecule has 3 nitrogen and oxygen atoms in total. The van der Waals surface area contributed by atoms with Crippen molar-refractivity contribution in [2.24, 2.45) is 0 Å². The minimum atomic E-state index is 0.325. The predicted octanol–water partition coefficient (Wildman–Crippen LogP) is 5.47. The lowest BCUT2D eigenvalue weighted by molar-refractivity contribution is 0.837. The Morgan fingerprint density at radius 3 is 2.41 bits per heavy atom. The van der Waals surface area contributed by atoms with Gasteiger partial charge in [0.1, 0.15) is 11.5 Å². The molecule has 4 heteroatoms. The highest BCUT2D eigenvalue weighted by Crippen LogP contribution is 2.31. The number of nitrogens with zero attached hydrogens (tertiary/aromatic N) is 2. The van der Waals surface area contributed by atoms with Crippen LogP contribution in [0.3, 0.4) is 0 Å². The van der Waals surface area contributed by atoms with Crippen molar-refractivity contribution >= 4 is 28.8 Å². The molecular weight excluding hydrogens is 294 g/mol. The van der Waals surface area contributed by atoms with E-state index in [9.17, 15) is 0 Å². The van der Waals surface area contributed by atoms with E-state index in [-0.39, 0.29) is 0 Å². The average Bonchev–Trinajstić information content (AvgIpc) is 2.81. The molecule has 114 valence electrons. The summed E-state index contributed by atoms with van der Waals surface area (Å²) < 4.78 is 2.03. The fourth-order valence-corrected chi connectivity index (χ4v) is 2.85. The van der Waals surface area contributed by atoms with Crippen LogP contribution in [0.15, 0.2) is 36.5 Å². The first-order valence-electron chi connectivity index (χ1n) is 7.48. The Morgan fingerprint density at radius 2 is 1.77 bits per heavy atom. The molecule has 0 saturated carbocycles. The van der Waals surface area contributed by atoms with Crippen LogP contribution in [0.5, 0.6) is 0 Å². The van der Waals surface area contributed by atoms with Crippen LogP contribution >= 0.6 is 11.6 Å². The van der Waals surface area contributed by atoms with Gasteiger partial charge in [0, 0.05) is 11.9 Å². The molecule has 0 bridgehead atoms. The lowest BCUT2D eigenvalue weighted by Gasteiger charge is -2.15. The maximum absolute atomic E-state index is 6.17. The van der Waals surface area contributed by atoms with Gasteiger partial charge in [-0.1, -0.05) is 43.6 Å². The zero-order chi connectivity index (χ0) is 15.9. The van der Waals surface area contributed by atoms with Gasteiger partial charge in [0.05, 0.1) is 10.7 Å². The summed E-state index contributed by atoms with van der Waals surface area (Å²) in [5.74, 6) is 1.32. The Labute approximate surface area is 136 Å². The molecule has 3 rings (SSSR count). The standard InChI is InChI=1S/C18H20ClN3/c1-11(2)16-18(21-17-12(3)6-5-7-13(17)4)22-10-14(19)8-9-15(22)20-16/h5-11,21H,1-4H3. The smallest absolute Gasteiger partial charge is 0.138 e. The van der Waals surface area contributed by atoms with E-state index in [1.165, 1.54) is 11.1 Å². The molecule has 1 aromatic carbocycles. The van der Waals surface area contributed by atoms with Crippen LogP contribution in [0, 0.1) is 13.8 Å². The van der Waals surface area contributed by atoms with Crippen molar-refractivity contribution in [3.63, 3.8) is 0 Å². The number of rotatable bonds is 3. The summed E-state index contributed by atoms with van der Waals surface area (Å²) in [5.41, 5.74) is 5.51. The molecule has 3 aromatic rings. The lowest BCUT2D eigenvalue weighted by atomic mass is 10.1. The molecular formula is C18H20ClN3. The van der Waals surface area contributed by atoms with Crippen molar-refractivity contribution in [3.8, 4) is 0 Å². The van der Waals surface area contributed by atoms with Gasteiger partial charge in [-0.25, -0.2) is 4.98 Å². The molecule has 2 heterocycles. The minimum absolute atomic E-state index is 0.325. The predicted molar refractivity (Wildman–Crippen MR) is 93.5 cm³/mol. The summed E-state index contributed by atoms with van der Waals surface area (Å²) >= 11 is 6.17. The highest BCUT2D eigenvalue weighted by molar-refractivity contribution is 6.30. The number of pyridine rings is 1. The maximum atomic E-state index is 6.17. The van der Waals surface area contributed by atoms with Crippen LogP contribution in [0.1, 0.15) is 36.6 Å². The number of imidazole rings is 1. The van der Waals surface area contributed by atoms with Gasteiger partial charge in [-0.05, 0) is 43.0 Å². The SMILES string of the molecule is Cc1cccc(C)c1Nc1c(C(C)C)nc2ccc(Cl)cn12. The van der Waals surface area contributed by atoms with E-state index < -0.39 is 0 Å². The second-order valence-corrected chi connectivity index (χ2v) is 6.40. The normalized spacial score (nSPS) is 11.4. The summed E-state index contributed by atoms with van der Waals surface area (Å²) in [6, 6.07) is 10.1. The third-order valence-corrected chi connectivity index (χ3v) is 4.10. The minimum Gasteiger partial charge on any atom is -0.339 e. The number of hydrogen-bond donors (Lipinski definition) is 1. The van der Waals surface area contributed by atoms with E-state index in [1.807, 2.05) is 22.7 Å². The van der Waals surface area contributed by atoms with E-state index in [1.54, 1.807) is 0 Å². The molecule has 22 heavy (non-hydrogen) atoms. The number of halogens is 1. The molecule has 0 unspecified atom stereocenters. The summed E-state index contributed by atoms with van der Waals surface area (Å²) in [7, 11) is 0. The van der Waals surface area contributed by atoms with Gasteiger partial charge in [-0.3, -0.25) is 4.40 Å². The highest BCUT2D eigenvalue weighted by atomic mass is 35.5. The number of anilines is 2. The fraction of sp³-hybridized carbons (Fsp3) is 0.278. The zero-order valence-corrected chi connectivity index (χ0v) is 14.1. The Balaban J connectivity index is 2.20. The van der Waals surface area contributed by atoms with E-state index >= 15 is 0 Å². The van der Waals surface area contributed by atoms with E-state index in [4.69, 9.17) is 16.6 Å². The quantitative estimate of drug-likeness (QED) is 0.694. The van der Waals surface area contributed by atoms with Gasteiger partial charge < -0.3 is 5.32 Å². The molecule has 0 amide bonds.